The summed E-state index contributed by atoms with van der Waals surface area (Å²) in [6.45, 7) is 0.237. The van der Waals surface area contributed by atoms with E-state index in [-0.39, 0.29) is 42.0 Å². The van der Waals surface area contributed by atoms with Crippen LogP contribution in [0.25, 0.3) is 0 Å². The van der Waals surface area contributed by atoms with Gasteiger partial charge in [-0.15, -0.1) is 0 Å². The lowest BCUT2D eigenvalue weighted by Crippen LogP contribution is -2.33. The Morgan fingerprint density at radius 3 is 2.42 bits per heavy atom. The summed E-state index contributed by atoms with van der Waals surface area (Å²) < 4.78 is 24.1. The van der Waals surface area contributed by atoms with Crippen molar-refractivity contribution in [1.29, 1.82) is 0 Å². The highest BCUT2D eigenvalue weighted by molar-refractivity contribution is 7.91. The predicted octanol–water partition coefficient (Wildman–Crippen LogP) is 1.46. The maximum atomic E-state index is 12.0. The average Bonchev–Trinajstić information content (AvgIpc) is 3.10. The van der Waals surface area contributed by atoms with Gasteiger partial charge in [0.1, 0.15) is 0 Å². The van der Waals surface area contributed by atoms with Crippen LogP contribution >= 0.6 is 11.3 Å². The minimum Gasteiger partial charge on any atom is -0.355 e. The van der Waals surface area contributed by atoms with Crippen molar-refractivity contribution in [2.24, 2.45) is 0 Å². The van der Waals surface area contributed by atoms with Crippen LogP contribution in [-0.2, 0) is 14.6 Å². The number of benzene rings is 1. The fourth-order valence-corrected chi connectivity index (χ4v) is 3.76. The van der Waals surface area contributed by atoms with Gasteiger partial charge in [-0.1, -0.05) is 18.2 Å². The van der Waals surface area contributed by atoms with Crippen LogP contribution in [0.1, 0.15) is 16.8 Å². The summed E-state index contributed by atoms with van der Waals surface area (Å²) in [6, 6.07) is 9.80. The summed E-state index contributed by atoms with van der Waals surface area (Å²) in [6.07, 6.45) is 0.0985. The quantitative estimate of drug-likeness (QED) is 0.740. The van der Waals surface area contributed by atoms with Crippen molar-refractivity contribution in [3.05, 3.63) is 52.7 Å². The first-order valence-corrected chi connectivity index (χ1v) is 9.93. The Labute approximate surface area is 144 Å². The molecule has 0 aliphatic rings. The normalized spacial score (nSPS) is 11.0. The highest BCUT2D eigenvalue weighted by Crippen LogP contribution is 2.09. The van der Waals surface area contributed by atoms with E-state index in [0.717, 1.165) is 0 Å². The van der Waals surface area contributed by atoms with Gasteiger partial charge in [-0.05, 0) is 23.6 Å². The van der Waals surface area contributed by atoms with E-state index in [1.54, 1.807) is 35.0 Å². The molecule has 6 nitrogen and oxygen atoms in total. The van der Waals surface area contributed by atoms with Crippen LogP contribution in [0.3, 0.4) is 0 Å². The molecule has 8 heteroatoms. The smallest absolute Gasteiger partial charge is 0.252 e. The van der Waals surface area contributed by atoms with E-state index in [1.807, 2.05) is 0 Å². The minimum atomic E-state index is -3.40. The molecule has 2 amide bonds. The number of rotatable bonds is 8. The molecule has 2 rings (SSSR count). The number of sulfone groups is 1. The van der Waals surface area contributed by atoms with E-state index in [4.69, 9.17) is 0 Å². The van der Waals surface area contributed by atoms with E-state index >= 15 is 0 Å². The minimum absolute atomic E-state index is 0.0362. The molecule has 0 aliphatic heterocycles. The standard InChI is InChI=1S/C16H18N2O4S2/c19-15(6-8-18-16(20)13-7-10-23-12-13)17-9-11-24(21,22)14-4-2-1-3-5-14/h1-5,7,10,12H,6,8-9,11H2,(H,17,19)(H,18,20). The van der Waals surface area contributed by atoms with Gasteiger partial charge in [-0.3, -0.25) is 9.59 Å². The van der Waals surface area contributed by atoms with Crippen LogP contribution in [-0.4, -0.2) is 39.1 Å². The Morgan fingerprint density at radius 2 is 1.75 bits per heavy atom. The van der Waals surface area contributed by atoms with Crippen LogP contribution in [0.4, 0.5) is 0 Å². The van der Waals surface area contributed by atoms with Crippen molar-refractivity contribution in [3.63, 3.8) is 0 Å². The zero-order valence-electron chi connectivity index (χ0n) is 12.9. The van der Waals surface area contributed by atoms with E-state index in [0.29, 0.717) is 5.56 Å². The number of carbonyl (C=O) groups is 2. The zero-order valence-corrected chi connectivity index (χ0v) is 14.5. The summed E-state index contributed by atoms with van der Waals surface area (Å²) in [5, 5.41) is 8.71. The molecule has 128 valence electrons. The van der Waals surface area contributed by atoms with Crippen LogP contribution in [0.15, 0.2) is 52.1 Å². The van der Waals surface area contributed by atoms with Crippen LogP contribution in [0.2, 0.25) is 0 Å². The highest BCUT2D eigenvalue weighted by Gasteiger charge is 2.14. The molecule has 0 saturated carbocycles. The second-order valence-corrected chi connectivity index (χ2v) is 7.89. The summed E-state index contributed by atoms with van der Waals surface area (Å²) in [4.78, 5) is 23.6. The number of thiophene rings is 1. The first-order chi connectivity index (χ1) is 11.5. The van der Waals surface area contributed by atoms with Gasteiger partial charge in [0.15, 0.2) is 9.84 Å². The van der Waals surface area contributed by atoms with Gasteiger partial charge in [-0.2, -0.15) is 11.3 Å². The van der Waals surface area contributed by atoms with Gasteiger partial charge >= 0.3 is 0 Å². The molecule has 0 unspecified atom stereocenters. The fraction of sp³-hybridized carbons (Fsp3) is 0.250. The maximum absolute atomic E-state index is 12.0. The molecule has 0 atom stereocenters. The Hall–Kier alpha value is -2.19. The van der Waals surface area contributed by atoms with Crippen LogP contribution in [0.5, 0.6) is 0 Å². The van der Waals surface area contributed by atoms with Crippen LogP contribution in [0, 0.1) is 0 Å². The third-order valence-corrected chi connectivity index (χ3v) is 5.63. The maximum Gasteiger partial charge on any atom is 0.252 e. The molecule has 0 aliphatic carbocycles. The van der Waals surface area contributed by atoms with Gasteiger partial charge in [0.25, 0.3) is 5.91 Å². The second kappa shape index (κ2) is 8.60. The average molecular weight is 366 g/mol. The molecule has 1 aromatic carbocycles. The lowest BCUT2D eigenvalue weighted by Gasteiger charge is -2.07. The second-order valence-electron chi connectivity index (χ2n) is 5.00. The molecule has 24 heavy (non-hydrogen) atoms. The first-order valence-electron chi connectivity index (χ1n) is 7.34. The molecular weight excluding hydrogens is 348 g/mol. The Balaban J connectivity index is 1.67. The molecule has 1 heterocycles. The lowest BCUT2D eigenvalue weighted by atomic mass is 10.3. The number of hydrogen-bond donors (Lipinski definition) is 2. The van der Waals surface area contributed by atoms with Crippen molar-refractivity contribution in [2.75, 3.05) is 18.8 Å². The topological polar surface area (TPSA) is 92.3 Å². The molecule has 2 aromatic rings. The molecule has 1 aromatic heterocycles. The number of amides is 2. The summed E-state index contributed by atoms with van der Waals surface area (Å²) >= 11 is 1.42. The van der Waals surface area contributed by atoms with Crippen molar-refractivity contribution in [2.45, 2.75) is 11.3 Å². The van der Waals surface area contributed by atoms with Crippen molar-refractivity contribution < 1.29 is 18.0 Å². The molecule has 0 fully saturated rings. The van der Waals surface area contributed by atoms with E-state index in [1.165, 1.54) is 23.5 Å². The largest absolute Gasteiger partial charge is 0.355 e. The van der Waals surface area contributed by atoms with Crippen molar-refractivity contribution in [1.82, 2.24) is 10.6 Å². The van der Waals surface area contributed by atoms with Gasteiger partial charge in [-0.25, -0.2) is 8.42 Å². The van der Waals surface area contributed by atoms with Gasteiger partial charge in [0.2, 0.25) is 5.91 Å². The third-order valence-electron chi connectivity index (χ3n) is 3.22. The summed E-state index contributed by atoms with van der Waals surface area (Å²) in [5.41, 5.74) is 0.564. The molecule has 2 N–H and O–H groups in total. The van der Waals surface area contributed by atoms with Gasteiger partial charge in [0, 0.05) is 30.5 Å². The van der Waals surface area contributed by atoms with Gasteiger partial charge in [0.05, 0.1) is 10.6 Å². The monoisotopic (exact) mass is 366 g/mol. The lowest BCUT2D eigenvalue weighted by molar-refractivity contribution is -0.120. The molecule has 0 radical (unpaired) electrons. The van der Waals surface area contributed by atoms with Gasteiger partial charge < -0.3 is 10.6 Å². The van der Waals surface area contributed by atoms with Crippen molar-refractivity contribution in [3.8, 4) is 0 Å². The Kier molecular flexibility index (Phi) is 6.51. The van der Waals surface area contributed by atoms with E-state index < -0.39 is 9.84 Å². The van der Waals surface area contributed by atoms with E-state index in [9.17, 15) is 18.0 Å². The van der Waals surface area contributed by atoms with E-state index in [2.05, 4.69) is 10.6 Å². The highest BCUT2D eigenvalue weighted by atomic mass is 32.2. The molecule has 0 saturated heterocycles. The number of nitrogens with one attached hydrogen (secondary N) is 2. The SMILES string of the molecule is O=C(CCNC(=O)c1ccsc1)NCCS(=O)(=O)c1ccccc1. The number of hydrogen-bond acceptors (Lipinski definition) is 5. The Bertz CT molecular complexity index is 772. The predicted molar refractivity (Wildman–Crippen MR) is 92.8 cm³/mol. The van der Waals surface area contributed by atoms with Crippen molar-refractivity contribution >= 4 is 33.0 Å². The number of carbonyl (C=O) groups excluding carboxylic acids is 2. The third kappa shape index (κ3) is 5.47. The van der Waals surface area contributed by atoms with Crippen LogP contribution < -0.4 is 10.6 Å². The summed E-state index contributed by atoms with van der Waals surface area (Å²) in [5.74, 6) is -0.691. The molecular formula is C16H18N2O4S2. The zero-order chi connectivity index (χ0) is 17.4. The molecule has 0 bridgehead atoms. The molecule has 0 spiro atoms. The fourth-order valence-electron chi connectivity index (χ4n) is 1.94. The Morgan fingerprint density at radius 1 is 1.00 bits per heavy atom. The summed E-state index contributed by atoms with van der Waals surface area (Å²) in [7, 11) is -3.40. The first kappa shape index (κ1) is 18.2.